The Morgan fingerprint density at radius 3 is 2.53 bits per heavy atom. The number of halogens is 2. The van der Waals surface area contributed by atoms with Crippen molar-refractivity contribution in [3.05, 3.63) is 55.9 Å². The van der Waals surface area contributed by atoms with Gasteiger partial charge >= 0.3 is 0 Å². The lowest BCUT2D eigenvalue weighted by Crippen LogP contribution is -2.22. The standard InChI is InChI=1S/C15H17BrFNS/c1-3-8-18-14(11-4-6-12(17)7-5-11)15-13(16)9-10(2)19-15/h4-7,9,14,18H,3,8H2,1-2H3. The lowest BCUT2D eigenvalue weighted by atomic mass is 10.1. The summed E-state index contributed by atoms with van der Waals surface area (Å²) in [5.41, 5.74) is 1.09. The number of rotatable bonds is 5. The van der Waals surface area contributed by atoms with Gasteiger partial charge in [-0.1, -0.05) is 19.1 Å². The summed E-state index contributed by atoms with van der Waals surface area (Å²) in [6.45, 7) is 5.18. The topological polar surface area (TPSA) is 12.0 Å². The maximum Gasteiger partial charge on any atom is 0.123 e. The van der Waals surface area contributed by atoms with E-state index in [-0.39, 0.29) is 11.9 Å². The van der Waals surface area contributed by atoms with E-state index in [4.69, 9.17) is 0 Å². The molecule has 2 aromatic rings. The van der Waals surface area contributed by atoms with Crippen molar-refractivity contribution in [1.82, 2.24) is 5.32 Å². The van der Waals surface area contributed by atoms with Crippen molar-refractivity contribution < 1.29 is 4.39 Å². The quantitative estimate of drug-likeness (QED) is 0.802. The summed E-state index contributed by atoms with van der Waals surface area (Å²) < 4.78 is 14.2. The molecule has 0 aliphatic rings. The molecule has 0 fully saturated rings. The Hall–Kier alpha value is -0.710. The van der Waals surface area contributed by atoms with Crippen LogP contribution in [0.3, 0.4) is 0 Å². The Balaban J connectivity index is 2.35. The van der Waals surface area contributed by atoms with Crippen molar-refractivity contribution in [3.63, 3.8) is 0 Å². The fourth-order valence-electron chi connectivity index (χ4n) is 2.00. The van der Waals surface area contributed by atoms with Crippen LogP contribution in [0.2, 0.25) is 0 Å². The van der Waals surface area contributed by atoms with Crippen molar-refractivity contribution in [2.24, 2.45) is 0 Å². The highest BCUT2D eigenvalue weighted by molar-refractivity contribution is 9.10. The highest BCUT2D eigenvalue weighted by atomic mass is 79.9. The monoisotopic (exact) mass is 341 g/mol. The molecule has 0 aliphatic carbocycles. The van der Waals surface area contributed by atoms with Gasteiger partial charge in [-0.05, 0) is 59.6 Å². The maximum atomic E-state index is 13.1. The molecule has 0 bridgehead atoms. The molecule has 1 nitrogen and oxygen atoms in total. The van der Waals surface area contributed by atoms with Gasteiger partial charge in [0.1, 0.15) is 5.82 Å². The molecule has 1 aromatic carbocycles. The normalized spacial score (nSPS) is 12.6. The highest BCUT2D eigenvalue weighted by Gasteiger charge is 2.18. The zero-order chi connectivity index (χ0) is 13.8. The van der Waals surface area contributed by atoms with Crippen LogP contribution in [0.15, 0.2) is 34.8 Å². The molecular weight excluding hydrogens is 325 g/mol. The Bertz CT molecular complexity index is 536. The summed E-state index contributed by atoms with van der Waals surface area (Å²) in [6, 6.07) is 8.99. The fraction of sp³-hybridized carbons (Fsp3) is 0.333. The van der Waals surface area contributed by atoms with E-state index < -0.39 is 0 Å². The first kappa shape index (κ1) is 14.7. The summed E-state index contributed by atoms with van der Waals surface area (Å²) in [5.74, 6) is -0.195. The van der Waals surface area contributed by atoms with Crippen LogP contribution in [-0.4, -0.2) is 6.54 Å². The summed E-state index contributed by atoms with van der Waals surface area (Å²) in [5, 5.41) is 3.53. The summed E-state index contributed by atoms with van der Waals surface area (Å²) in [4.78, 5) is 2.52. The molecule has 1 atom stereocenters. The summed E-state index contributed by atoms with van der Waals surface area (Å²) in [7, 11) is 0. The maximum absolute atomic E-state index is 13.1. The Kier molecular flexibility index (Phi) is 5.13. The van der Waals surface area contributed by atoms with E-state index in [1.165, 1.54) is 21.9 Å². The van der Waals surface area contributed by atoms with Crippen LogP contribution in [0, 0.1) is 12.7 Å². The lowest BCUT2D eigenvalue weighted by Gasteiger charge is -2.18. The van der Waals surface area contributed by atoms with E-state index in [1.807, 2.05) is 12.1 Å². The van der Waals surface area contributed by atoms with Crippen LogP contribution in [0.4, 0.5) is 4.39 Å². The summed E-state index contributed by atoms with van der Waals surface area (Å²) >= 11 is 5.39. The minimum Gasteiger partial charge on any atom is -0.306 e. The Labute approximate surface area is 126 Å². The lowest BCUT2D eigenvalue weighted by molar-refractivity contribution is 0.598. The van der Waals surface area contributed by atoms with E-state index in [0.717, 1.165) is 23.0 Å². The first-order valence-electron chi connectivity index (χ1n) is 6.36. The van der Waals surface area contributed by atoms with Crippen molar-refractivity contribution in [2.75, 3.05) is 6.54 Å². The zero-order valence-electron chi connectivity index (χ0n) is 11.0. The van der Waals surface area contributed by atoms with Gasteiger partial charge in [-0.2, -0.15) is 0 Å². The van der Waals surface area contributed by atoms with Crippen LogP contribution in [0.1, 0.15) is 34.7 Å². The molecule has 0 radical (unpaired) electrons. The van der Waals surface area contributed by atoms with Crippen molar-refractivity contribution in [3.8, 4) is 0 Å². The van der Waals surface area contributed by atoms with Gasteiger partial charge in [-0.3, -0.25) is 0 Å². The van der Waals surface area contributed by atoms with Crippen LogP contribution in [0.25, 0.3) is 0 Å². The van der Waals surface area contributed by atoms with E-state index >= 15 is 0 Å². The Morgan fingerprint density at radius 1 is 1.32 bits per heavy atom. The van der Waals surface area contributed by atoms with E-state index in [0.29, 0.717) is 0 Å². The third-order valence-corrected chi connectivity index (χ3v) is 4.93. The molecule has 19 heavy (non-hydrogen) atoms. The molecule has 102 valence electrons. The van der Waals surface area contributed by atoms with Gasteiger partial charge in [-0.15, -0.1) is 11.3 Å². The van der Waals surface area contributed by atoms with Crippen LogP contribution in [0.5, 0.6) is 0 Å². The number of benzene rings is 1. The first-order valence-corrected chi connectivity index (χ1v) is 7.97. The average molecular weight is 342 g/mol. The van der Waals surface area contributed by atoms with Gasteiger partial charge in [-0.25, -0.2) is 4.39 Å². The van der Waals surface area contributed by atoms with Gasteiger partial charge < -0.3 is 5.32 Å². The number of thiophene rings is 1. The van der Waals surface area contributed by atoms with Crippen molar-refractivity contribution >= 4 is 27.3 Å². The van der Waals surface area contributed by atoms with Gasteiger partial charge in [0, 0.05) is 14.2 Å². The van der Waals surface area contributed by atoms with Crippen LogP contribution in [-0.2, 0) is 0 Å². The minimum absolute atomic E-state index is 0.119. The third-order valence-electron chi connectivity index (χ3n) is 2.90. The fourth-order valence-corrected chi connectivity index (χ4v) is 3.99. The zero-order valence-corrected chi connectivity index (χ0v) is 13.4. The molecule has 0 saturated carbocycles. The highest BCUT2D eigenvalue weighted by Crippen LogP contribution is 2.35. The van der Waals surface area contributed by atoms with Gasteiger partial charge in [0.15, 0.2) is 0 Å². The van der Waals surface area contributed by atoms with E-state index in [9.17, 15) is 4.39 Å². The minimum atomic E-state index is -0.195. The van der Waals surface area contributed by atoms with Crippen molar-refractivity contribution in [2.45, 2.75) is 26.3 Å². The molecule has 2 rings (SSSR count). The predicted octanol–water partition coefficient (Wildman–Crippen LogP) is 5.05. The molecule has 0 amide bonds. The SMILES string of the molecule is CCCNC(c1ccc(F)cc1)c1sc(C)cc1Br. The molecule has 1 aromatic heterocycles. The first-order chi connectivity index (χ1) is 9.11. The molecule has 0 aliphatic heterocycles. The van der Waals surface area contributed by atoms with Gasteiger partial charge in [0.05, 0.1) is 6.04 Å². The predicted molar refractivity (Wildman–Crippen MR) is 83.3 cm³/mol. The third kappa shape index (κ3) is 3.65. The second-order valence-corrected chi connectivity index (χ2v) is 6.65. The van der Waals surface area contributed by atoms with E-state index in [1.54, 1.807) is 11.3 Å². The van der Waals surface area contributed by atoms with Crippen LogP contribution >= 0.6 is 27.3 Å². The molecule has 1 unspecified atom stereocenters. The van der Waals surface area contributed by atoms with Gasteiger partial charge in [0.25, 0.3) is 0 Å². The number of hydrogen-bond donors (Lipinski definition) is 1. The molecule has 0 saturated heterocycles. The molecular formula is C15H17BrFNS. The largest absolute Gasteiger partial charge is 0.306 e. The van der Waals surface area contributed by atoms with E-state index in [2.05, 4.69) is 41.2 Å². The number of nitrogens with one attached hydrogen (secondary N) is 1. The average Bonchev–Trinajstić information content (AvgIpc) is 2.71. The van der Waals surface area contributed by atoms with Crippen LogP contribution < -0.4 is 5.32 Å². The molecule has 4 heteroatoms. The molecule has 0 spiro atoms. The molecule has 1 N–H and O–H groups in total. The summed E-state index contributed by atoms with van der Waals surface area (Å²) in [6.07, 6.45) is 1.07. The number of aryl methyl sites for hydroxylation is 1. The Morgan fingerprint density at radius 2 is 2.00 bits per heavy atom. The van der Waals surface area contributed by atoms with Gasteiger partial charge in [0.2, 0.25) is 0 Å². The second kappa shape index (κ2) is 6.64. The number of hydrogen-bond acceptors (Lipinski definition) is 2. The smallest absolute Gasteiger partial charge is 0.123 e. The van der Waals surface area contributed by atoms with Crippen molar-refractivity contribution in [1.29, 1.82) is 0 Å². The molecule has 1 heterocycles. The second-order valence-electron chi connectivity index (χ2n) is 4.51.